The van der Waals surface area contributed by atoms with Crippen molar-refractivity contribution in [1.82, 2.24) is 9.97 Å². The Kier molecular flexibility index (Phi) is 5.90. The van der Waals surface area contributed by atoms with Gasteiger partial charge in [0.15, 0.2) is 6.29 Å². The fourth-order valence-corrected chi connectivity index (χ4v) is 3.51. The number of nitrogens with one attached hydrogen (secondary N) is 1. The van der Waals surface area contributed by atoms with E-state index in [9.17, 15) is 0 Å². The second-order valence-corrected chi connectivity index (χ2v) is 7.09. The van der Waals surface area contributed by atoms with Gasteiger partial charge in [0.1, 0.15) is 5.82 Å². The van der Waals surface area contributed by atoms with Crippen molar-refractivity contribution in [2.45, 2.75) is 63.4 Å². The fourth-order valence-electron chi connectivity index (χ4n) is 3.07. The Balaban J connectivity index is 1.54. The number of hydrogen-bond acceptors (Lipinski definition) is 5. The first-order valence-corrected chi connectivity index (χ1v) is 9.09. The summed E-state index contributed by atoms with van der Waals surface area (Å²) in [5.41, 5.74) is 0. The monoisotopic (exact) mass is 389 g/mol. The summed E-state index contributed by atoms with van der Waals surface area (Å²) in [4.78, 5) is 8.19. The van der Waals surface area contributed by atoms with Crippen molar-refractivity contribution < 1.29 is 9.47 Å². The smallest absolute Gasteiger partial charge is 0.224 e. The average molecular weight is 391 g/mol. The predicted octanol–water partition coefficient (Wildman–Crippen LogP) is 4.16. The van der Waals surface area contributed by atoms with Gasteiger partial charge in [-0.15, -0.1) is 0 Å². The summed E-state index contributed by atoms with van der Waals surface area (Å²) < 4.78 is 12.6. The third kappa shape index (κ3) is 4.54. The topological polar surface area (TPSA) is 56.3 Å². The molecule has 0 amide bonds. The molecule has 7 heteroatoms. The van der Waals surface area contributed by atoms with Crippen LogP contribution in [0.25, 0.3) is 0 Å². The van der Waals surface area contributed by atoms with Crippen LogP contribution in [0, 0.1) is 0 Å². The highest BCUT2D eigenvalue weighted by molar-refractivity contribution is 9.10. The molecule has 2 fully saturated rings. The van der Waals surface area contributed by atoms with Crippen LogP contribution in [0.2, 0.25) is 5.28 Å². The van der Waals surface area contributed by atoms with E-state index in [4.69, 9.17) is 21.1 Å². The minimum Gasteiger partial charge on any atom is -0.366 e. The van der Waals surface area contributed by atoms with Gasteiger partial charge in [0.05, 0.1) is 10.6 Å². The molecule has 1 saturated carbocycles. The average Bonchev–Trinajstić information content (AvgIpc) is 2.52. The van der Waals surface area contributed by atoms with E-state index in [1.54, 1.807) is 6.20 Å². The maximum absolute atomic E-state index is 6.12. The Morgan fingerprint density at radius 3 is 3.00 bits per heavy atom. The normalized spacial score (nSPS) is 29.3. The number of ether oxygens (including phenoxy) is 2. The van der Waals surface area contributed by atoms with Gasteiger partial charge in [-0.05, 0) is 72.5 Å². The molecular weight excluding hydrogens is 370 g/mol. The number of aromatic nitrogens is 2. The Labute approximate surface area is 144 Å². The molecule has 0 aromatic carbocycles. The highest BCUT2D eigenvalue weighted by Crippen LogP contribution is 2.29. The lowest BCUT2D eigenvalue weighted by atomic mass is 9.92. The molecule has 0 bridgehead atoms. The van der Waals surface area contributed by atoms with E-state index < -0.39 is 0 Å². The molecule has 22 heavy (non-hydrogen) atoms. The highest BCUT2D eigenvalue weighted by atomic mass is 79.9. The van der Waals surface area contributed by atoms with E-state index in [2.05, 4.69) is 31.2 Å². The zero-order valence-corrected chi connectivity index (χ0v) is 14.8. The van der Waals surface area contributed by atoms with Crippen LogP contribution in [0.4, 0.5) is 5.82 Å². The van der Waals surface area contributed by atoms with Crippen LogP contribution in [0.15, 0.2) is 10.7 Å². The van der Waals surface area contributed by atoms with Crippen molar-refractivity contribution in [3.05, 3.63) is 16.0 Å². The number of rotatable bonds is 4. The summed E-state index contributed by atoms with van der Waals surface area (Å²) in [7, 11) is 0. The minimum absolute atomic E-state index is 0.0160. The van der Waals surface area contributed by atoms with Gasteiger partial charge in [-0.3, -0.25) is 0 Å². The molecule has 1 unspecified atom stereocenters. The molecule has 1 aliphatic heterocycles. The lowest BCUT2D eigenvalue weighted by Gasteiger charge is -2.33. The van der Waals surface area contributed by atoms with Crippen molar-refractivity contribution in [1.29, 1.82) is 0 Å². The first-order chi connectivity index (χ1) is 10.7. The molecule has 1 aliphatic carbocycles. The van der Waals surface area contributed by atoms with Crippen molar-refractivity contribution in [2.24, 2.45) is 0 Å². The lowest BCUT2D eigenvalue weighted by molar-refractivity contribution is -0.193. The van der Waals surface area contributed by atoms with Gasteiger partial charge in [0.25, 0.3) is 0 Å². The molecule has 0 spiro atoms. The lowest BCUT2D eigenvalue weighted by Crippen LogP contribution is -2.35. The van der Waals surface area contributed by atoms with E-state index in [0.29, 0.717) is 6.04 Å². The number of anilines is 1. The molecule has 1 aromatic heterocycles. The highest BCUT2D eigenvalue weighted by Gasteiger charge is 2.27. The van der Waals surface area contributed by atoms with Gasteiger partial charge < -0.3 is 14.8 Å². The van der Waals surface area contributed by atoms with Crippen LogP contribution < -0.4 is 5.32 Å². The van der Waals surface area contributed by atoms with Gasteiger partial charge in [-0.25, -0.2) is 4.98 Å². The summed E-state index contributed by atoms with van der Waals surface area (Å²) in [6.45, 7) is 0.825. The maximum Gasteiger partial charge on any atom is 0.224 e. The SMILES string of the molecule is Clc1ncc(Br)c(N[C@@H]2CCC[C@@H](OC3CCCCO3)C2)n1. The Morgan fingerprint density at radius 1 is 1.27 bits per heavy atom. The second kappa shape index (κ2) is 7.90. The van der Waals surface area contributed by atoms with Crippen LogP contribution in [0.1, 0.15) is 44.9 Å². The molecule has 5 nitrogen and oxygen atoms in total. The fraction of sp³-hybridized carbons (Fsp3) is 0.733. The van der Waals surface area contributed by atoms with Gasteiger partial charge >= 0.3 is 0 Å². The molecule has 2 heterocycles. The summed E-state index contributed by atoms with van der Waals surface area (Å²) in [6.07, 6.45) is 9.60. The number of hydrogen-bond donors (Lipinski definition) is 1. The summed E-state index contributed by atoms with van der Waals surface area (Å²) >= 11 is 9.32. The third-order valence-electron chi connectivity index (χ3n) is 4.16. The minimum atomic E-state index is -0.0160. The predicted molar refractivity (Wildman–Crippen MR) is 89.1 cm³/mol. The molecule has 2 aliphatic rings. The van der Waals surface area contributed by atoms with Crippen molar-refractivity contribution in [3.8, 4) is 0 Å². The van der Waals surface area contributed by atoms with Gasteiger partial charge in [-0.2, -0.15) is 4.98 Å². The zero-order chi connectivity index (χ0) is 15.4. The molecule has 1 saturated heterocycles. The molecule has 1 aromatic rings. The molecular formula is C15H21BrClN3O2. The second-order valence-electron chi connectivity index (χ2n) is 5.90. The van der Waals surface area contributed by atoms with Crippen LogP contribution in [0.5, 0.6) is 0 Å². The molecule has 3 atom stereocenters. The van der Waals surface area contributed by atoms with Crippen molar-refractivity contribution >= 4 is 33.3 Å². The third-order valence-corrected chi connectivity index (χ3v) is 4.93. The summed E-state index contributed by atoms with van der Waals surface area (Å²) in [5.74, 6) is 0.750. The summed E-state index contributed by atoms with van der Waals surface area (Å²) in [6, 6.07) is 0.338. The standard InChI is InChI=1S/C15H21BrClN3O2/c16-12-9-18-15(17)20-14(12)19-10-4-3-5-11(8-10)22-13-6-1-2-7-21-13/h9-11,13H,1-8H2,(H,18,19,20)/t10-,11-,13?/m1/s1. The Hall–Kier alpha value is -0.430. The largest absolute Gasteiger partial charge is 0.366 e. The van der Waals surface area contributed by atoms with E-state index >= 15 is 0 Å². The molecule has 3 rings (SSSR count). The first kappa shape index (κ1) is 16.4. The van der Waals surface area contributed by atoms with E-state index in [1.165, 1.54) is 6.42 Å². The van der Waals surface area contributed by atoms with Crippen molar-refractivity contribution in [2.75, 3.05) is 11.9 Å². The van der Waals surface area contributed by atoms with Crippen LogP contribution in [-0.2, 0) is 9.47 Å². The zero-order valence-electron chi connectivity index (χ0n) is 12.4. The van der Waals surface area contributed by atoms with Gasteiger partial charge in [-0.1, -0.05) is 0 Å². The van der Waals surface area contributed by atoms with Gasteiger partial charge in [0, 0.05) is 18.8 Å². The first-order valence-electron chi connectivity index (χ1n) is 7.92. The van der Waals surface area contributed by atoms with E-state index in [1.807, 2.05) is 0 Å². The van der Waals surface area contributed by atoms with Crippen molar-refractivity contribution in [3.63, 3.8) is 0 Å². The molecule has 0 radical (unpaired) electrons. The number of halogens is 2. The van der Waals surface area contributed by atoms with Crippen LogP contribution in [-0.4, -0.2) is 35.0 Å². The number of nitrogens with zero attached hydrogens (tertiary/aromatic N) is 2. The van der Waals surface area contributed by atoms with E-state index in [-0.39, 0.29) is 17.7 Å². The quantitative estimate of drug-likeness (QED) is 0.782. The maximum atomic E-state index is 6.12. The Morgan fingerprint density at radius 2 is 2.18 bits per heavy atom. The van der Waals surface area contributed by atoms with Gasteiger partial charge in [0.2, 0.25) is 5.28 Å². The van der Waals surface area contributed by atoms with Crippen LogP contribution in [0.3, 0.4) is 0 Å². The molecule has 1 N–H and O–H groups in total. The summed E-state index contributed by atoms with van der Waals surface area (Å²) in [5, 5.41) is 3.71. The van der Waals surface area contributed by atoms with Crippen LogP contribution >= 0.6 is 27.5 Å². The molecule has 122 valence electrons. The Bertz CT molecular complexity index is 500. The van der Waals surface area contributed by atoms with E-state index in [0.717, 1.165) is 55.4 Å².